The molecular formula is C21H22N2O6. The lowest BCUT2D eigenvalue weighted by Crippen LogP contribution is -2.16. The number of carbonyl (C=O) groups excluding carboxylic acids is 4. The number of hydrogen-bond acceptors (Lipinski definition) is 7. The largest absolute Gasteiger partial charge is 0.465 e. The van der Waals surface area contributed by atoms with E-state index in [-0.39, 0.29) is 28.3 Å². The molecule has 1 amide bonds. The summed E-state index contributed by atoms with van der Waals surface area (Å²) in [5.74, 6) is -2.12. The van der Waals surface area contributed by atoms with Crippen molar-refractivity contribution in [1.29, 1.82) is 0 Å². The lowest BCUT2D eigenvalue weighted by Gasteiger charge is -2.16. The molecule has 2 aromatic rings. The number of nitrogens with zero attached hydrogens (tertiary/aromatic N) is 1. The maximum atomic E-state index is 13.3. The van der Waals surface area contributed by atoms with Crippen LogP contribution in [0.4, 0.5) is 11.4 Å². The minimum atomic E-state index is -0.707. The summed E-state index contributed by atoms with van der Waals surface area (Å²) in [4.78, 5) is 50.1. The van der Waals surface area contributed by atoms with Gasteiger partial charge >= 0.3 is 11.9 Å². The zero-order valence-electron chi connectivity index (χ0n) is 16.9. The molecule has 0 saturated heterocycles. The zero-order chi connectivity index (χ0) is 21.7. The number of benzene rings is 2. The van der Waals surface area contributed by atoms with Gasteiger partial charge in [-0.1, -0.05) is 0 Å². The fourth-order valence-electron chi connectivity index (χ4n) is 2.66. The molecule has 1 N–H and O–H groups in total. The first-order valence-electron chi connectivity index (χ1n) is 8.68. The number of hydrogen-bond donors (Lipinski definition) is 1. The first-order valence-corrected chi connectivity index (χ1v) is 8.68. The molecule has 0 bridgehead atoms. The summed E-state index contributed by atoms with van der Waals surface area (Å²) in [5.41, 5.74) is 1.19. The van der Waals surface area contributed by atoms with Crippen molar-refractivity contribution in [3.8, 4) is 5.75 Å². The van der Waals surface area contributed by atoms with Crippen molar-refractivity contribution in [3.63, 3.8) is 0 Å². The van der Waals surface area contributed by atoms with Gasteiger partial charge < -0.3 is 19.7 Å². The van der Waals surface area contributed by atoms with Crippen molar-refractivity contribution in [2.45, 2.75) is 13.8 Å². The van der Waals surface area contributed by atoms with Gasteiger partial charge in [0.2, 0.25) is 5.91 Å². The van der Waals surface area contributed by atoms with Crippen molar-refractivity contribution in [3.05, 3.63) is 53.1 Å². The number of ether oxygens (including phenoxy) is 2. The van der Waals surface area contributed by atoms with E-state index in [1.807, 2.05) is 0 Å². The molecule has 0 unspecified atom stereocenters. The number of amides is 1. The Morgan fingerprint density at radius 3 is 2.10 bits per heavy atom. The summed E-state index contributed by atoms with van der Waals surface area (Å²) in [6, 6.07) is 9.03. The molecule has 0 atom stereocenters. The molecule has 0 aromatic heterocycles. The van der Waals surface area contributed by atoms with E-state index in [0.29, 0.717) is 5.69 Å². The predicted molar refractivity (Wildman–Crippen MR) is 108 cm³/mol. The Labute approximate surface area is 168 Å². The topological polar surface area (TPSA) is 102 Å². The summed E-state index contributed by atoms with van der Waals surface area (Å²) in [6.45, 7) is 2.56. The number of carbonyl (C=O) groups is 4. The van der Waals surface area contributed by atoms with Gasteiger partial charge in [0.15, 0.2) is 5.78 Å². The minimum Gasteiger partial charge on any atom is -0.465 e. The lowest BCUT2D eigenvalue weighted by atomic mass is 9.96. The smallest absolute Gasteiger partial charge is 0.338 e. The Hall–Kier alpha value is -3.68. The standard InChI is InChI=1S/C21H22N2O6/c1-12(24)22-14-6-8-16(21(27)28-5)18(10-14)20(26)17-9-7-15(23(3)4)11-19(17)29-13(2)25/h6-11H,1-5H3,(H,22,24). The molecule has 8 nitrogen and oxygen atoms in total. The molecule has 29 heavy (non-hydrogen) atoms. The SMILES string of the molecule is COC(=O)c1ccc(NC(C)=O)cc1C(=O)c1ccc(N(C)C)cc1OC(C)=O. The molecule has 0 saturated carbocycles. The second-order valence-corrected chi connectivity index (χ2v) is 6.43. The Morgan fingerprint density at radius 1 is 0.897 bits per heavy atom. The van der Waals surface area contributed by atoms with Crippen molar-refractivity contribution in [2.24, 2.45) is 0 Å². The molecule has 2 aromatic carbocycles. The van der Waals surface area contributed by atoms with Gasteiger partial charge in [-0.3, -0.25) is 14.4 Å². The Morgan fingerprint density at radius 2 is 1.55 bits per heavy atom. The summed E-state index contributed by atoms with van der Waals surface area (Å²) < 4.78 is 9.99. The molecule has 0 aliphatic carbocycles. The van der Waals surface area contributed by atoms with E-state index in [1.165, 1.54) is 45.2 Å². The van der Waals surface area contributed by atoms with Crippen LogP contribution in [0.3, 0.4) is 0 Å². The van der Waals surface area contributed by atoms with Crippen LogP contribution in [0.15, 0.2) is 36.4 Å². The molecule has 0 aliphatic rings. The highest BCUT2D eigenvalue weighted by Crippen LogP contribution is 2.29. The van der Waals surface area contributed by atoms with E-state index in [9.17, 15) is 19.2 Å². The maximum Gasteiger partial charge on any atom is 0.338 e. The average molecular weight is 398 g/mol. The fourth-order valence-corrected chi connectivity index (χ4v) is 2.66. The van der Waals surface area contributed by atoms with Crippen molar-refractivity contribution in [2.75, 3.05) is 31.4 Å². The monoisotopic (exact) mass is 398 g/mol. The number of anilines is 2. The summed E-state index contributed by atoms with van der Waals surface area (Å²) in [5, 5.41) is 2.57. The molecule has 0 radical (unpaired) electrons. The van der Waals surface area contributed by atoms with Crippen LogP contribution in [0, 0.1) is 0 Å². The highest BCUT2D eigenvalue weighted by Gasteiger charge is 2.23. The molecule has 2 rings (SSSR count). The summed E-state index contributed by atoms with van der Waals surface area (Å²) >= 11 is 0. The highest BCUT2D eigenvalue weighted by molar-refractivity contribution is 6.16. The van der Waals surface area contributed by atoms with Gasteiger partial charge in [0.05, 0.1) is 18.2 Å². The third-order valence-corrected chi connectivity index (χ3v) is 3.97. The van der Waals surface area contributed by atoms with Crippen LogP contribution in [0.25, 0.3) is 0 Å². The minimum absolute atomic E-state index is 0.00843. The molecule has 0 aliphatic heterocycles. The number of ketones is 1. The predicted octanol–water partition coefficient (Wildman–Crippen LogP) is 2.65. The summed E-state index contributed by atoms with van der Waals surface area (Å²) in [6.07, 6.45) is 0. The van der Waals surface area contributed by atoms with Crippen LogP contribution in [-0.2, 0) is 14.3 Å². The maximum absolute atomic E-state index is 13.3. The van der Waals surface area contributed by atoms with Crippen molar-refractivity contribution >= 4 is 35.0 Å². The van der Waals surface area contributed by atoms with Crippen LogP contribution in [0.1, 0.15) is 40.1 Å². The Bertz CT molecular complexity index is 981. The van der Waals surface area contributed by atoms with Crippen molar-refractivity contribution in [1.82, 2.24) is 0 Å². The van der Waals surface area contributed by atoms with E-state index in [4.69, 9.17) is 9.47 Å². The van der Waals surface area contributed by atoms with E-state index < -0.39 is 17.7 Å². The Kier molecular flexibility index (Phi) is 6.71. The fraction of sp³-hybridized carbons (Fsp3) is 0.238. The summed E-state index contributed by atoms with van der Waals surface area (Å²) in [7, 11) is 4.82. The number of esters is 2. The van der Waals surface area contributed by atoms with Crippen LogP contribution >= 0.6 is 0 Å². The molecular weight excluding hydrogens is 376 g/mol. The first-order chi connectivity index (χ1) is 13.6. The second kappa shape index (κ2) is 9.01. The van der Waals surface area contributed by atoms with Crippen LogP contribution in [0.2, 0.25) is 0 Å². The molecule has 0 fully saturated rings. The normalized spacial score (nSPS) is 10.1. The second-order valence-electron chi connectivity index (χ2n) is 6.43. The average Bonchev–Trinajstić information content (AvgIpc) is 2.65. The van der Waals surface area contributed by atoms with Gasteiger partial charge in [0.1, 0.15) is 5.75 Å². The van der Waals surface area contributed by atoms with Gasteiger partial charge in [-0.25, -0.2) is 4.79 Å². The van der Waals surface area contributed by atoms with E-state index >= 15 is 0 Å². The zero-order valence-corrected chi connectivity index (χ0v) is 16.9. The van der Waals surface area contributed by atoms with Gasteiger partial charge in [0.25, 0.3) is 0 Å². The van der Waals surface area contributed by atoms with E-state index in [1.54, 1.807) is 31.1 Å². The highest BCUT2D eigenvalue weighted by atomic mass is 16.5. The van der Waals surface area contributed by atoms with Crippen LogP contribution < -0.4 is 15.0 Å². The third kappa shape index (κ3) is 5.19. The van der Waals surface area contributed by atoms with Crippen LogP contribution in [-0.4, -0.2) is 44.8 Å². The first kappa shape index (κ1) is 21.6. The van der Waals surface area contributed by atoms with Crippen molar-refractivity contribution < 1.29 is 28.7 Å². The number of methoxy groups -OCH3 is 1. The van der Waals surface area contributed by atoms with E-state index in [0.717, 1.165) is 5.69 Å². The molecule has 0 heterocycles. The quantitative estimate of drug-likeness (QED) is 0.453. The number of rotatable bonds is 6. The third-order valence-electron chi connectivity index (χ3n) is 3.97. The Balaban J connectivity index is 2.64. The van der Waals surface area contributed by atoms with E-state index in [2.05, 4.69) is 5.32 Å². The van der Waals surface area contributed by atoms with Gasteiger partial charge in [0, 0.05) is 50.9 Å². The lowest BCUT2D eigenvalue weighted by molar-refractivity contribution is -0.131. The van der Waals surface area contributed by atoms with Gasteiger partial charge in [-0.2, -0.15) is 0 Å². The number of nitrogens with one attached hydrogen (secondary N) is 1. The molecule has 152 valence electrons. The van der Waals surface area contributed by atoms with Gasteiger partial charge in [-0.15, -0.1) is 0 Å². The molecule has 8 heteroatoms. The van der Waals surface area contributed by atoms with Crippen LogP contribution in [0.5, 0.6) is 5.75 Å². The van der Waals surface area contributed by atoms with Gasteiger partial charge in [-0.05, 0) is 30.3 Å². The molecule has 0 spiro atoms.